The van der Waals surface area contributed by atoms with Gasteiger partial charge in [-0.05, 0) is 24.3 Å². The van der Waals surface area contributed by atoms with Gasteiger partial charge in [0.1, 0.15) is 6.61 Å². The molecule has 1 aliphatic rings. The van der Waals surface area contributed by atoms with Crippen molar-refractivity contribution in [3.63, 3.8) is 0 Å². The van der Waals surface area contributed by atoms with E-state index in [1.165, 1.54) is 0 Å². The molecule has 0 N–H and O–H groups in total. The van der Waals surface area contributed by atoms with Crippen molar-refractivity contribution in [3.05, 3.63) is 29.3 Å². The minimum Gasteiger partial charge on any atom is -0.463 e. The molecule has 1 aliphatic heterocycles. The van der Waals surface area contributed by atoms with Gasteiger partial charge in [0.25, 0.3) is 0 Å². The van der Waals surface area contributed by atoms with Crippen LogP contribution in [0.25, 0.3) is 0 Å². The lowest BCUT2D eigenvalue weighted by Crippen LogP contribution is -2.40. The number of amides is 1. The fourth-order valence-corrected chi connectivity index (χ4v) is 2.12. The number of anilines is 1. The van der Waals surface area contributed by atoms with Crippen LogP contribution < -0.4 is 4.90 Å². The van der Waals surface area contributed by atoms with Gasteiger partial charge < -0.3 is 9.64 Å². The van der Waals surface area contributed by atoms with Crippen LogP contribution in [0.3, 0.4) is 0 Å². The van der Waals surface area contributed by atoms with Crippen LogP contribution >= 0.6 is 11.6 Å². The van der Waals surface area contributed by atoms with Crippen LogP contribution in [0.5, 0.6) is 0 Å². The molecule has 0 bridgehead atoms. The molecule has 0 radical (unpaired) electrons. The number of carbonyl (C=O) groups excluding carboxylic acids is 2. The first kappa shape index (κ1) is 12.9. The molecule has 0 aliphatic carbocycles. The Morgan fingerprint density at radius 1 is 1.44 bits per heavy atom. The third kappa shape index (κ3) is 2.64. The molecular formula is C13H14ClNO3. The first-order valence-corrected chi connectivity index (χ1v) is 6.23. The van der Waals surface area contributed by atoms with E-state index in [1.807, 2.05) is 0 Å². The van der Waals surface area contributed by atoms with E-state index >= 15 is 0 Å². The molecule has 4 nitrogen and oxygen atoms in total. The largest absolute Gasteiger partial charge is 0.463 e. The highest BCUT2D eigenvalue weighted by atomic mass is 35.5. The second kappa shape index (κ2) is 5.40. The quantitative estimate of drug-likeness (QED) is 0.790. The van der Waals surface area contributed by atoms with Crippen molar-refractivity contribution in [3.8, 4) is 0 Å². The van der Waals surface area contributed by atoms with Crippen LogP contribution in [0.15, 0.2) is 24.3 Å². The smallest absolute Gasteiger partial charge is 0.308 e. The van der Waals surface area contributed by atoms with Crippen molar-refractivity contribution in [1.82, 2.24) is 0 Å². The van der Waals surface area contributed by atoms with E-state index in [9.17, 15) is 9.59 Å². The Hall–Kier alpha value is -1.55. The Balaban J connectivity index is 2.27. The maximum absolute atomic E-state index is 12.0. The lowest BCUT2D eigenvalue weighted by molar-refractivity contribution is -0.138. The predicted octanol–water partition coefficient (Wildman–Crippen LogP) is 2.40. The van der Waals surface area contributed by atoms with Gasteiger partial charge in [0.05, 0.1) is 12.5 Å². The molecule has 18 heavy (non-hydrogen) atoms. The average molecular weight is 268 g/mol. The molecule has 1 amide bonds. The third-order valence-corrected chi connectivity index (χ3v) is 3.13. The molecule has 0 saturated carbocycles. The fourth-order valence-electron chi connectivity index (χ4n) is 2.00. The number of cyclic esters (lactones) is 1. The Kier molecular flexibility index (Phi) is 3.87. The number of rotatable bonds is 3. The van der Waals surface area contributed by atoms with Gasteiger partial charge >= 0.3 is 5.97 Å². The number of carbonyl (C=O) groups is 2. The summed E-state index contributed by atoms with van der Waals surface area (Å²) in [6.45, 7) is 2.05. The fraction of sp³-hybridized carbons (Fsp3) is 0.385. The first-order valence-electron chi connectivity index (χ1n) is 5.85. The molecule has 1 saturated heterocycles. The highest BCUT2D eigenvalue weighted by Crippen LogP contribution is 2.25. The van der Waals surface area contributed by atoms with Gasteiger partial charge in [-0.25, -0.2) is 0 Å². The molecule has 1 unspecified atom stereocenters. The van der Waals surface area contributed by atoms with E-state index in [4.69, 9.17) is 16.3 Å². The molecule has 5 heteroatoms. The van der Waals surface area contributed by atoms with Gasteiger partial charge in [0, 0.05) is 17.1 Å². The molecule has 1 fully saturated rings. The summed E-state index contributed by atoms with van der Waals surface area (Å²) in [6, 6.07) is 6.79. The maximum atomic E-state index is 12.0. The average Bonchev–Trinajstić information content (AvgIpc) is 2.78. The van der Waals surface area contributed by atoms with Crippen LogP contribution in [0.4, 0.5) is 5.69 Å². The highest BCUT2D eigenvalue weighted by Gasteiger charge is 2.32. The van der Waals surface area contributed by atoms with Crippen molar-refractivity contribution in [2.45, 2.75) is 25.8 Å². The topological polar surface area (TPSA) is 46.6 Å². The summed E-state index contributed by atoms with van der Waals surface area (Å²) in [5.74, 6) is -0.288. The highest BCUT2D eigenvalue weighted by molar-refractivity contribution is 6.30. The van der Waals surface area contributed by atoms with Gasteiger partial charge in [-0.1, -0.05) is 18.5 Å². The Bertz CT molecular complexity index is 458. The molecular weight excluding hydrogens is 254 g/mol. The van der Waals surface area contributed by atoms with Crippen LogP contribution in [-0.4, -0.2) is 24.5 Å². The standard InChI is InChI=1S/C13H14ClNO3/c1-2-12(16)15(11-7-13(17)18-8-11)10-5-3-9(14)4-6-10/h3-6,11H,2,7-8H2,1H3. The summed E-state index contributed by atoms with van der Waals surface area (Å²) in [5, 5.41) is 0.612. The van der Waals surface area contributed by atoms with E-state index in [0.717, 1.165) is 5.69 Å². The zero-order valence-corrected chi connectivity index (χ0v) is 10.8. The molecule has 1 atom stereocenters. The normalized spacial score (nSPS) is 18.6. The van der Waals surface area contributed by atoms with Crippen molar-refractivity contribution in [1.29, 1.82) is 0 Å². The summed E-state index contributed by atoms with van der Waals surface area (Å²) >= 11 is 5.83. The third-order valence-electron chi connectivity index (χ3n) is 2.88. The number of benzene rings is 1. The van der Waals surface area contributed by atoms with Crippen LogP contribution in [-0.2, 0) is 14.3 Å². The Labute approximate surface area is 110 Å². The Morgan fingerprint density at radius 2 is 2.11 bits per heavy atom. The zero-order valence-electron chi connectivity index (χ0n) is 10.1. The molecule has 1 aromatic carbocycles. The number of hydrogen-bond acceptors (Lipinski definition) is 3. The van der Waals surface area contributed by atoms with Crippen molar-refractivity contribution in [2.24, 2.45) is 0 Å². The second-order valence-electron chi connectivity index (χ2n) is 4.13. The first-order chi connectivity index (χ1) is 8.61. The number of esters is 1. The van der Waals surface area contributed by atoms with Gasteiger partial charge in [0.2, 0.25) is 5.91 Å². The van der Waals surface area contributed by atoms with Crippen molar-refractivity contribution >= 4 is 29.2 Å². The zero-order chi connectivity index (χ0) is 13.1. The van der Waals surface area contributed by atoms with Crippen molar-refractivity contribution in [2.75, 3.05) is 11.5 Å². The summed E-state index contributed by atoms with van der Waals surface area (Å²) in [5.41, 5.74) is 0.745. The van der Waals surface area contributed by atoms with Gasteiger partial charge in [-0.15, -0.1) is 0 Å². The van der Waals surface area contributed by atoms with Crippen molar-refractivity contribution < 1.29 is 14.3 Å². The lowest BCUT2D eigenvalue weighted by atomic mass is 10.1. The molecule has 0 aromatic heterocycles. The number of hydrogen-bond donors (Lipinski definition) is 0. The van der Waals surface area contributed by atoms with Gasteiger partial charge in [0.15, 0.2) is 0 Å². The maximum Gasteiger partial charge on any atom is 0.308 e. The monoisotopic (exact) mass is 267 g/mol. The van der Waals surface area contributed by atoms with E-state index in [-0.39, 0.29) is 30.9 Å². The SMILES string of the molecule is CCC(=O)N(c1ccc(Cl)cc1)C1COC(=O)C1. The summed E-state index contributed by atoms with van der Waals surface area (Å²) in [6.07, 6.45) is 0.627. The minimum atomic E-state index is -0.261. The second-order valence-corrected chi connectivity index (χ2v) is 4.57. The molecule has 96 valence electrons. The van der Waals surface area contributed by atoms with Crippen LogP contribution in [0.1, 0.15) is 19.8 Å². The van der Waals surface area contributed by atoms with Crippen LogP contribution in [0.2, 0.25) is 5.02 Å². The van der Waals surface area contributed by atoms with E-state index < -0.39 is 0 Å². The summed E-state index contributed by atoms with van der Waals surface area (Å²) in [4.78, 5) is 24.8. The number of ether oxygens (including phenoxy) is 1. The summed E-state index contributed by atoms with van der Waals surface area (Å²) < 4.78 is 4.93. The van der Waals surface area contributed by atoms with Gasteiger partial charge in [-0.2, -0.15) is 0 Å². The Morgan fingerprint density at radius 3 is 2.61 bits per heavy atom. The molecule has 2 rings (SSSR count). The number of nitrogens with zero attached hydrogens (tertiary/aromatic N) is 1. The molecule has 0 spiro atoms. The van der Waals surface area contributed by atoms with Crippen LogP contribution in [0, 0.1) is 0 Å². The van der Waals surface area contributed by atoms with E-state index in [0.29, 0.717) is 11.4 Å². The minimum absolute atomic E-state index is 0.0272. The number of halogens is 1. The van der Waals surface area contributed by atoms with E-state index in [2.05, 4.69) is 0 Å². The van der Waals surface area contributed by atoms with E-state index in [1.54, 1.807) is 36.1 Å². The predicted molar refractivity (Wildman–Crippen MR) is 68.6 cm³/mol. The summed E-state index contributed by atoms with van der Waals surface area (Å²) in [7, 11) is 0. The molecule has 1 aromatic rings. The lowest BCUT2D eigenvalue weighted by Gasteiger charge is -2.27. The van der Waals surface area contributed by atoms with Gasteiger partial charge in [-0.3, -0.25) is 9.59 Å². The molecule has 1 heterocycles.